The summed E-state index contributed by atoms with van der Waals surface area (Å²) in [6.45, 7) is 7.70. The molecule has 0 aliphatic carbocycles. The third-order valence-electron chi connectivity index (χ3n) is 2.18. The van der Waals surface area contributed by atoms with E-state index >= 15 is 0 Å². The van der Waals surface area contributed by atoms with Crippen LogP contribution in [0.2, 0.25) is 0 Å². The number of dihydropyridines is 1. The highest BCUT2D eigenvalue weighted by molar-refractivity contribution is 5.73. The largest absolute Gasteiger partial charge is 0.283 e. The molecular formula is C12H16N2. The zero-order chi connectivity index (χ0) is 10.4. The lowest BCUT2D eigenvalue weighted by atomic mass is 9.95. The van der Waals surface area contributed by atoms with Gasteiger partial charge in [-0.25, -0.2) is 0 Å². The zero-order valence-corrected chi connectivity index (χ0v) is 8.72. The molecule has 0 saturated carbocycles. The summed E-state index contributed by atoms with van der Waals surface area (Å²) in [7, 11) is 0. The molecule has 0 radical (unpaired) electrons. The van der Waals surface area contributed by atoms with E-state index in [-0.39, 0.29) is 12.0 Å². The summed E-state index contributed by atoms with van der Waals surface area (Å²) >= 11 is 0. The average Bonchev–Trinajstić information content (AvgIpc) is 2.26. The second-order valence-corrected chi connectivity index (χ2v) is 3.04. The molecule has 0 bridgehead atoms. The number of allylic oxidation sites excluding steroid dienone is 2. The van der Waals surface area contributed by atoms with E-state index in [1.54, 1.807) is 6.21 Å². The molecule has 0 aromatic rings. The van der Waals surface area contributed by atoms with Crippen LogP contribution >= 0.6 is 0 Å². The Kier molecular flexibility index (Phi) is 4.05. The second kappa shape index (κ2) is 5.32. The van der Waals surface area contributed by atoms with Crippen LogP contribution in [0.1, 0.15) is 13.8 Å². The lowest BCUT2D eigenvalue weighted by Gasteiger charge is -2.20. The lowest BCUT2D eigenvalue weighted by molar-refractivity contribution is 0.652. The maximum atomic E-state index is 4.41. The summed E-state index contributed by atoms with van der Waals surface area (Å²) in [6.07, 6.45) is 11.6. The van der Waals surface area contributed by atoms with Crippen molar-refractivity contribution in [3.05, 3.63) is 36.6 Å². The maximum absolute atomic E-state index is 4.41. The molecule has 1 heterocycles. The van der Waals surface area contributed by atoms with Crippen LogP contribution in [-0.4, -0.2) is 18.5 Å². The molecule has 0 N–H and O–H groups in total. The Morgan fingerprint density at radius 3 is 2.86 bits per heavy atom. The monoisotopic (exact) mass is 188 g/mol. The molecule has 2 atom stereocenters. The van der Waals surface area contributed by atoms with Gasteiger partial charge in [-0.15, -0.1) is 6.58 Å². The Labute approximate surface area is 85.5 Å². The van der Waals surface area contributed by atoms with E-state index in [0.29, 0.717) is 0 Å². The van der Waals surface area contributed by atoms with Gasteiger partial charge in [-0.05, 0) is 19.9 Å². The van der Waals surface area contributed by atoms with Crippen LogP contribution < -0.4 is 0 Å². The molecule has 0 amide bonds. The first kappa shape index (κ1) is 10.6. The lowest BCUT2D eigenvalue weighted by Crippen LogP contribution is -2.19. The molecule has 2 nitrogen and oxygen atoms in total. The van der Waals surface area contributed by atoms with Gasteiger partial charge in [0.25, 0.3) is 0 Å². The minimum atomic E-state index is 0.0960. The van der Waals surface area contributed by atoms with E-state index in [1.165, 1.54) is 0 Å². The molecule has 2 heteroatoms. The van der Waals surface area contributed by atoms with Crippen molar-refractivity contribution >= 4 is 12.4 Å². The van der Waals surface area contributed by atoms with E-state index in [2.05, 4.69) is 22.6 Å². The summed E-state index contributed by atoms with van der Waals surface area (Å²) in [5, 5.41) is 0. The summed E-state index contributed by atoms with van der Waals surface area (Å²) in [4.78, 5) is 8.71. The molecule has 74 valence electrons. The van der Waals surface area contributed by atoms with Gasteiger partial charge in [-0.1, -0.05) is 18.2 Å². The fourth-order valence-electron chi connectivity index (χ4n) is 1.48. The molecule has 0 saturated heterocycles. The highest BCUT2D eigenvalue weighted by atomic mass is 14.9. The number of rotatable bonds is 3. The Hall–Kier alpha value is -1.44. The summed E-state index contributed by atoms with van der Waals surface area (Å²) in [6, 6.07) is 0.0960. The van der Waals surface area contributed by atoms with E-state index in [1.807, 2.05) is 38.3 Å². The molecular weight excluding hydrogens is 172 g/mol. The van der Waals surface area contributed by atoms with E-state index in [9.17, 15) is 0 Å². The average molecular weight is 188 g/mol. The zero-order valence-electron chi connectivity index (χ0n) is 8.72. The molecule has 2 unspecified atom stereocenters. The van der Waals surface area contributed by atoms with Crippen LogP contribution in [0.4, 0.5) is 0 Å². The van der Waals surface area contributed by atoms with Crippen LogP contribution in [0.15, 0.2) is 46.6 Å². The van der Waals surface area contributed by atoms with Crippen molar-refractivity contribution in [1.29, 1.82) is 0 Å². The fraction of sp³-hybridized carbons (Fsp3) is 0.333. The quantitative estimate of drug-likeness (QED) is 0.480. The number of nitrogens with zero attached hydrogens (tertiary/aromatic N) is 2. The molecule has 0 spiro atoms. The summed E-state index contributed by atoms with van der Waals surface area (Å²) in [5.74, 6) is 0.259. The highest BCUT2D eigenvalue weighted by Crippen LogP contribution is 2.22. The smallest absolute Gasteiger partial charge is 0.101 e. The van der Waals surface area contributed by atoms with Gasteiger partial charge < -0.3 is 0 Å². The Bertz CT molecular complexity index is 308. The molecule has 0 aromatic carbocycles. The molecule has 1 rings (SSSR count). The van der Waals surface area contributed by atoms with Crippen molar-refractivity contribution in [3.8, 4) is 0 Å². The molecule has 14 heavy (non-hydrogen) atoms. The van der Waals surface area contributed by atoms with Crippen molar-refractivity contribution in [1.82, 2.24) is 0 Å². The SMILES string of the molecule is C=CC1C=CC=NC1C(=C/C)/N=C\C. The summed E-state index contributed by atoms with van der Waals surface area (Å²) < 4.78 is 0. The van der Waals surface area contributed by atoms with Gasteiger partial charge in [-0.2, -0.15) is 0 Å². The maximum Gasteiger partial charge on any atom is 0.101 e. The van der Waals surface area contributed by atoms with Crippen LogP contribution in [0.3, 0.4) is 0 Å². The predicted molar refractivity (Wildman–Crippen MR) is 63.0 cm³/mol. The van der Waals surface area contributed by atoms with Gasteiger partial charge in [0, 0.05) is 18.3 Å². The Morgan fingerprint density at radius 1 is 1.50 bits per heavy atom. The fourth-order valence-corrected chi connectivity index (χ4v) is 1.48. The van der Waals surface area contributed by atoms with Crippen molar-refractivity contribution in [2.75, 3.05) is 0 Å². The van der Waals surface area contributed by atoms with Crippen LogP contribution in [0, 0.1) is 5.92 Å². The first-order valence-electron chi connectivity index (χ1n) is 4.81. The molecule has 0 aromatic heterocycles. The molecule has 1 aliphatic rings. The van der Waals surface area contributed by atoms with E-state index in [4.69, 9.17) is 0 Å². The first-order chi connectivity index (χ1) is 6.83. The molecule has 0 fully saturated rings. The number of hydrogen-bond donors (Lipinski definition) is 0. The molecule has 1 aliphatic heterocycles. The van der Waals surface area contributed by atoms with Gasteiger partial charge in [0.15, 0.2) is 0 Å². The third kappa shape index (κ3) is 2.28. The van der Waals surface area contributed by atoms with Crippen molar-refractivity contribution < 1.29 is 0 Å². The van der Waals surface area contributed by atoms with Gasteiger partial charge in [0.05, 0.1) is 5.70 Å². The van der Waals surface area contributed by atoms with E-state index in [0.717, 1.165) is 5.70 Å². The first-order valence-corrected chi connectivity index (χ1v) is 4.81. The minimum Gasteiger partial charge on any atom is -0.283 e. The van der Waals surface area contributed by atoms with Gasteiger partial charge in [0.1, 0.15) is 6.04 Å². The van der Waals surface area contributed by atoms with Gasteiger partial charge >= 0.3 is 0 Å². The van der Waals surface area contributed by atoms with Crippen LogP contribution in [-0.2, 0) is 0 Å². The second-order valence-electron chi connectivity index (χ2n) is 3.04. The normalized spacial score (nSPS) is 27.1. The van der Waals surface area contributed by atoms with Gasteiger partial charge in [-0.3, -0.25) is 9.98 Å². The minimum absolute atomic E-state index is 0.0960. The van der Waals surface area contributed by atoms with E-state index < -0.39 is 0 Å². The number of aliphatic imine (C=N–C) groups is 2. The van der Waals surface area contributed by atoms with Crippen molar-refractivity contribution in [2.24, 2.45) is 15.9 Å². The Morgan fingerprint density at radius 2 is 2.29 bits per heavy atom. The van der Waals surface area contributed by atoms with Crippen molar-refractivity contribution in [3.63, 3.8) is 0 Å². The Balaban J connectivity index is 2.89. The van der Waals surface area contributed by atoms with Crippen LogP contribution in [0.5, 0.6) is 0 Å². The summed E-state index contributed by atoms with van der Waals surface area (Å²) in [5.41, 5.74) is 0.998. The topological polar surface area (TPSA) is 24.7 Å². The number of hydrogen-bond acceptors (Lipinski definition) is 2. The van der Waals surface area contributed by atoms with Crippen molar-refractivity contribution in [2.45, 2.75) is 19.9 Å². The standard InChI is InChI=1S/C12H16N2/c1-4-10-8-7-9-14-12(10)11(5-2)13-6-3/h4-10,12H,1H2,2-3H3/b11-5-,13-6-. The predicted octanol–water partition coefficient (Wildman–Crippen LogP) is 2.79. The van der Waals surface area contributed by atoms with Crippen LogP contribution in [0.25, 0.3) is 0 Å². The van der Waals surface area contributed by atoms with Gasteiger partial charge in [0.2, 0.25) is 0 Å². The highest BCUT2D eigenvalue weighted by Gasteiger charge is 2.19. The third-order valence-corrected chi connectivity index (χ3v) is 2.18.